The van der Waals surface area contributed by atoms with Gasteiger partial charge in [0.15, 0.2) is 0 Å². The second-order valence-corrected chi connectivity index (χ2v) is 5.73. The maximum atomic E-state index is 11.6. The fraction of sp³-hybridized carbons (Fsp3) is 0.714. The third-order valence-electron chi connectivity index (χ3n) is 2.46. The van der Waals surface area contributed by atoms with Gasteiger partial charge in [0.2, 0.25) is 0 Å². The molecule has 0 aromatic carbocycles. The van der Waals surface area contributed by atoms with Gasteiger partial charge in [-0.3, -0.25) is 0 Å². The van der Waals surface area contributed by atoms with Crippen LogP contribution in [0.3, 0.4) is 0 Å². The molecule has 0 fully saturated rings. The van der Waals surface area contributed by atoms with Crippen LogP contribution in [0.1, 0.15) is 33.6 Å². The standard InChI is InChI=1S/C14H26N2O4/c1-6-9-16(5)10-7-8-11(12(17)18)15-13(19)20-14(2,3)4/h6,11H,1,7-10H2,2-5H3,(H,15,19)(H,17,18)/t11-/m0/s1. The fourth-order valence-corrected chi connectivity index (χ4v) is 1.58. The Morgan fingerprint density at radius 2 is 2.05 bits per heavy atom. The Morgan fingerprint density at radius 1 is 1.45 bits per heavy atom. The van der Waals surface area contributed by atoms with E-state index in [2.05, 4.69) is 11.9 Å². The van der Waals surface area contributed by atoms with Crippen LogP contribution in [0.4, 0.5) is 4.79 Å². The Hall–Kier alpha value is -1.56. The monoisotopic (exact) mass is 286 g/mol. The predicted octanol–water partition coefficient (Wildman–Crippen LogP) is 1.86. The van der Waals surface area contributed by atoms with E-state index in [1.54, 1.807) is 26.8 Å². The zero-order valence-electron chi connectivity index (χ0n) is 12.8. The second-order valence-electron chi connectivity index (χ2n) is 5.73. The summed E-state index contributed by atoms with van der Waals surface area (Å²) >= 11 is 0. The zero-order valence-corrected chi connectivity index (χ0v) is 12.8. The van der Waals surface area contributed by atoms with Crippen LogP contribution in [0.2, 0.25) is 0 Å². The second kappa shape index (κ2) is 8.58. The zero-order chi connectivity index (χ0) is 15.8. The van der Waals surface area contributed by atoms with Crippen molar-refractivity contribution in [2.24, 2.45) is 0 Å². The number of hydrogen-bond acceptors (Lipinski definition) is 4. The number of carboxylic acids is 1. The van der Waals surface area contributed by atoms with Crippen molar-refractivity contribution in [2.75, 3.05) is 20.1 Å². The van der Waals surface area contributed by atoms with Gasteiger partial charge in [-0.05, 0) is 47.2 Å². The van der Waals surface area contributed by atoms with Crippen LogP contribution >= 0.6 is 0 Å². The van der Waals surface area contributed by atoms with E-state index >= 15 is 0 Å². The Labute approximate surface area is 120 Å². The Balaban J connectivity index is 4.21. The number of rotatable bonds is 8. The van der Waals surface area contributed by atoms with Gasteiger partial charge in [0.1, 0.15) is 11.6 Å². The van der Waals surface area contributed by atoms with Gasteiger partial charge >= 0.3 is 12.1 Å². The third-order valence-corrected chi connectivity index (χ3v) is 2.46. The number of alkyl carbamates (subject to hydrolysis) is 1. The Morgan fingerprint density at radius 3 is 2.50 bits per heavy atom. The Kier molecular flexibility index (Phi) is 7.91. The van der Waals surface area contributed by atoms with E-state index in [-0.39, 0.29) is 0 Å². The first-order valence-electron chi connectivity index (χ1n) is 6.67. The SMILES string of the molecule is C=CCN(C)CCC[C@H](NC(=O)OC(C)(C)C)C(=O)O. The molecule has 0 heterocycles. The van der Waals surface area contributed by atoms with Crippen LogP contribution in [0, 0.1) is 0 Å². The largest absolute Gasteiger partial charge is 0.480 e. The van der Waals surface area contributed by atoms with Gasteiger partial charge in [0, 0.05) is 6.54 Å². The van der Waals surface area contributed by atoms with E-state index in [1.165, 1.54) is 0 Å². The maximum Gasteiger partial charge on any atom is 0.408 e. The summed E-state index contributed by atoms with van der Waals surface area (Å²) in [6.07, 6.45) is 2.10. The number of likely N-dealkylation sites (N-methyl/N-ethyl adjacent to an activating group) is 1. The molecule has 0 radical (unpaired) electrons. The highest BCUT2D eigenvalue weighted by atomic mass is 16.6. The number of carboxylic acid groups (broad SMARTS) is 1. The molecule has 0 aliphatic carbocycles. The highest BCUT2D eigenvalue weighted by Crippen LogP contribution is 2.08. The summed E-state index contributed by atoms with van der Waals surface area (Å²) in [5, 5.41) is 11.5. The van der Waals surface area contributed by atoms with E-state index in [4.69, 9.17) is 9.84 Å². The van der Waals surface area contributed by atoms with Gasteiger partial charge < -0.3 is 20.1 Å². The van der Waals surface area contributed by atoms with E-state index in [9.17, 15) is 9.59 Å². The number of nitrogens with zero attached hydrogens (tertiary/aromatic N) is 1. The quantitative estimate of drug-likeness (QED) is 0.666. The summed E-state index contributed by atoms with van der Waals surface area (Å²) in [7, 11) is 1.93. The molecule has 0 unspecified atom stereocenters. The lowest BCUT2D eigenvalue weighted by Gasteiger charge is -2.22. The van der Waals surface area contributed by atoms with E-state index in [0.717, 1.165) is 13.1 Å². The van der Waals surface area contributed by atoms with Crippen molar-refractivity contribution in [2.45, 2.75) is 45.3 Å². The summed E-state index contributed by atoms with van der Waals surface area (Å²) in [5.41, 5.74) is -0.642. The first-order valence-corrected chi connectivity index (χ1v) is 6.67. The molecule has 1 atom stereocenters. The van der Waals surface area contributed by atoms with Crippen LogP contribution < -0.4 is 5.32 Å². The molecule has 0 bridgehead atoms. The lowest BCUT2D eigenvalue weighted by molar-refractivity contribution is -0.139. The van der Waals surface area contributed by atoms with Crippen molar-refractivity contribution in [1.29, 1.82) is 0 Å². The van der Waals surface area contributed by atoms with Gasteiger partial charge in [0.25, 0.3) is 0 Å². The van der Waals surface area contributed by atoms with Crippen molar-refractivity contribution >= 4 is 12.1 Å². The van der Waals surface area contributed by atoms with Crippen LogP contribution in [-0.4, -0.2) is 53.8 Å². The maximum absolute atomic E-state index is 11.6. The molecule has 0 aromatic heterocycles. The molecular weight excluding hydrogens is 260 g/mol. The molecule has 0 aliphatic heterocycles. The minimum absolute atomic E-state index is 0.357. The number of nitrogens with one attached hydrogen (secondary N) is 1. The molecule has 0 aromatic rings. The highest BCUT2D eigenvalue weighted by Gasteiger charge is 2.23. The normalized spacial score (nSPS) is 12.8. The van der Waals surface area contributed by atoms with Crippen LogP contribution in [-0.2, 0) is 9.53 Å². The third kappa shape index (κ3) is 9.38. The van der Waals surface area contributed by atoms with Crippen molar-refractivity contribution in [3.05, 3.63) is 12.7 Å². The summed E-state index contributed by atoms with van der Waals surface area (Å²) in [5.74, 6) is -1.05. The fourth-order valence-electron chi connectivity index (χ4n) is 1.58. The number of aliphatic carboxylic acids is 1. The number of hydrogen-bond donors (Lipinski definition) is 2. The highest BCUT2D eigenvalue weighted by molar-refractivity contribution is 5.79. The minimum atomic E-state index is -1.05. The average Bonchev–Trinajstić information content (AvgIpc) is 2.25. The lowest BCUT2D eigenvalue weighted by atomic mass is 10.1. The first kappa shape index (κ1) is 18.4. The van der Waals surface area contributed by atoms with Crippen molar-refractivity contribution in [1.82, 2.24) is 10.2 Å². The summed E-state index contributed by atoms with van der Waals surface area (Å²) in [6.45, 7) is 10.3. The molecule has 20 heavy (non-hydrogen) atoms. The molecular formula is C14H26N2O4. The van der Waals surface area contributed by atoms with E-state index in [1.807, 2.05) is 11.9 Å². The molecule has 0 saturated heterocycles. The number of carbonyl (C=O) groups is 2. The molecule has 0 saturated carbocycles. The number of carbonyl (C=O) groups excluding carboxylic acids is 1. The summed E-state index contributed by atoms with van der Waals surface area (Å²) in [4.78, 5) is 24.7. The van der Waals surface area contributed by atoms with E-state index in [0.29, 0.717) is 12.8 Å². The lowest BCUT2D eigenvalue weighted by Crippen LogP contribution is -2.43. The molecule has 6 nitrogen and oxygen atoms in total. The van der Waals surface area contributed by atoms with Crippen LogP contribution in [0.25, 0.3) is 0 Å². The minimum Gasteiger partial charge on any atom is -0.480 e. The molecule has 2 N–H and O–H groups in total. The van der Waals surface area contributed by atoms with Crippen molar-refractivity contribution in [3.8, 4) is 0 Å². The van der Waals surface area contributed by atoms with Gasteiger partial charge in [-0.25, -0.2) is 9.59 Å². The average molecular weight is 286 g/mol. The molecule has 6 heteroatoms. The summed E-state index contributed by atoms with van der Waals surface area (Å²) < 4.78 is 5.05. The van der Waals surface area contributed by atoms with Crippen LogP contribution in [0.5, 0.6) is 0 Å². The van der Waals surface area contributed by atoms with Gasteiger partial charge in [-0.2, -0.15) is 0 Å². The van der Waals surface area contributed by atoms with Crippen molar-refractivity contribution in [3.63, 3.8) is 0 Å². The molecule has 0 aliphatic rings. The predicted molar refractivity (Wildman–Crippen MR) is 77.7 cm³/mol. The smallest absolute Gasteiger partial charge is 0.408 e. The Bertz CT molecular complexity index is 337. The molecule has 0 spiro atoms. The number of amides is 1. The van der Waals surface area contributed by atoms with Crippen LogP contribution in [0.15, 0.2) is 12.7 Å². The summed E-state index contributed by atoms with van der Waals surface area (Å²) in [6, 6.07) is -0.929. The topological polar surface area (TPSA) is 78.9 Å². The molecule has 1 amide bonds. The van der Waals surface area contributed by atoms with Gasteiger partial charge in [0.05, 0.1) is 0 Å². The van der Waals surface area contributed by atoms with Gasteiger partial charge in [-0.15, -0.1) is 6.58 Å². The first-order chi connectivity index (χ1) is 9.15. The van der Waals surface area contributed by atoms with Gasteiger partial charge in [-0.1, -0.05) is 6.08 Å². The number of ether oxygens (including phenoxy) is 1. The molecule has 0 rings (SSSR count). The molecule has 116 valence electrons. The van der Waals surface area contributed by atoms with E-state index < -0.39 is 23.7 Å². The van der Waals surface area contributed by atoms with Crippen molar-refractivity contribution < 1.29 is 19.4 Å².